The molecule has 128 valence electrons. The molecular formula is C17H18N6O2. The molecule has 0 saturated carbocycles. The van der Waals surface area contributed by atoms with E-state index < -0.39 is 0 Å². The zero-order chi connectivity index (χ0) is 17.6. The van der Waals surface area contributed by atoms with E-state index in [-0.39, 0.29) is 12.0 Å². The number of hydrogen-bond acceptors (Lipinski definition) is 6. The number of carbonyl (C=O) groups excluding carboxylic acids is 1. The summed E-state index contributed by atoms with van der Waals surface area (Å²) in [5, 5.41) is 6.86. The first kappa shape index (κ1) is 16.6. The SMILES string of the molecule is CC(C)Oc1ccc(CNC(=O)c2ccnc(-n3cncn3)c2)cn1. The lowest BCUT2D eigenvalue weighted by Gasteiger charge is -2.09. The molecule has 0 atom stereocenters. The van der Waals surface area contributed by atoms with Gasteiger partial charge in [0.2, 0.25) is 5.88 Å². The predicted molar refractivity (Wildman–Crippen MR) is 90.3 cm³/mol. The molecule has 0 aliphatic carbocycles. The van der Waals surface area contributed by atoms with Crippen LogP contribution in [-0.2, 0) is 6.54 Å². The first-order valence-corrected chi connectivity index (χ1v) is 7.82. The van der Waals surface area contributed by atoms with Crippen LogP contribution < -0.4 is 10.1 Å². The van der Waals surface area contributed by atoms with Crippen molar-refractivity contribution in [3.63, 3.8) is 0 Å². The molecule has 0 aliphatic heterocycles. The monoisotopic (exact) mass is 338 g/mol. The fourth-order valence-corrected chi connectivity index (χ4v) is 2.12. The number of hydrogen-bond donors (Lipinski definition) is 1. The van der Waals surface area contributed by atoms with Crippen LogP contribution in [0.25, 0.3) is 5.82 Å². The Balaban J connectivity index is 1.62. The normalized spacial score (nSPS) is 10.7. The van der Waals surface area contributed by atoms with E-state index in [1.807, 2.05) is 19.9 Å². The molecule has 1 N–H and O–H groups in total. The number of ether oxygens (including phenoxy) is 1. The van der Waals surface area contributed by atoms with Gasteiger partial charge in [0, 0.05) is 30.6 Å². The molecule has 3 aromatic rings. The standard InChI is InChI=1S/C17H18N6O2/c1-12(2)25-16-4-3-13(8-20-16)9-21-17(24)14-5-6-19-15(7-14)23-11-18-10-22-23/h3-8,10-12H,9H2,1-2H3,(H,21,24). The van der Waals surface area contributed by atoms with Gasteiger partial charge in [0.05, 0.1) is 6.10 Å². The van der Waals surface area contributed by atoms with Crippen molar-refractivity contribution in [2.45, 2.75) is 26.5 Å². The summed E-state index contributed by atoms with van der Waals surface area (Å²) in [6.45, 7) is 4.25. The lowest BCUT2D eigenvalue weighted by Crippen LogP contribution is -2.23. The van der Waals surface area contributed by atoms with Crippen LogP contribution in [0.2, 0.25) is 0 Å². The van der Waals surface area contributed by atoms with Gasteiger partial charge in [0.15, 0.2) is 5.82 Å². The van der Waals surface area contributed by atoms with E-state index in [9.17, 15) is 4.79 Å². The summed E-state index contributed by atoms with van der Waals surface area (Å²) >= 11 is 0. The van der Waals surface area contributed by atoms with Gasteiger partial charge >= 0.3 is 0 Å². The van der Waals surface area contributed by atoms with Crippen LogP contribution in [0.5, 0.6) is 5.88 Å². The maximum Gasteiger partial charge on any atom is 0.251 e. The minimum absolute atomic E-state index is 0.0731. The summed E-state index contributed by atoms with van der Waals surface area (Å²) in [6.07, 6.45) is 6.26. The van der Waals surface area contributed by atoms with Crippen LogP contribution in [-0.4, -0.2) is 36.7 Å². The number of rotatable bonds is 6. The molecular weight excluding hydrogens is 320 g/mol. The van der Waals surface area contributed by atoms with Crippen LogP contribution in [0.1, 0.15) is 29.8 Å². The van der Waals surface area contributed by atoms with Crippen molar-refractivity contribution in [3.8, 4) is 11.7 Å². The Hall–Kier alpha value is -3.29. The molecule has 25 heavy (non-hydrogen) atoms. The molecule has 3 rings (SSSR count). The lowest BCUT2D eigenvalue weighted by molar-refractivity contribution is 0.0950. The van der Waals surface area contributed by atoms with Gasteiger partial charge in [0.25, 0.3) is 5.91 Å². The van der Waals surface area contributed by atoms with Crippen LogP contribution >= 0.6 is 0 Å². The van der Waals surface area contributed by atoms with E-state index in [1.165, 1.54) is 17.3 Å². The second kappa shape index (κ2) is 7.52. The van der Waals surface area contributed by atoms with E-state index in [4.69, 9.17) is 4.74 Å². The zero-order valence-electron chi connectivity index (χ0n) is 14.0. The van der Waals surface area contributed by atoms with Crippen LogP contribution in [0.4, 0.5) is 0 Å². The second-order valence-corrected chi connectivity index (χ2v) is 5.60. The third-order valence-electron chi connectivity index (χ3n) is 3.27. The Bertz CT molecular complexity index is 831. The summed E-state index contributed by atoms with van der Waals surface area (Å²) in [4.78, 5) is 24.6. The minimum Gasteiger partial charge on any atom is -0.475 e. The first-order chi connectivity index (χ1) is 12.1. The third-order valence-corrected chi connectivity index (χ3v) is 3.27. The smallest absolute Gasteiger partial charge is 0.251 e. The topological polar surface area (TPSA) is 94.8 Å². The molecule has 1 amide bonds. The minimum atomic E-state index is -0.203. The molecule has 0 unspecified atom stereocenters. The van der Waals surface area contributed by atoms with Gasteiger partial charge in [-0.15, -0.1) is 0 Å². The summed E-state index contributed by atoms with van der Waals surface area (Å²) < 4.78 is 6.99. The largest absolute Gasteiger partial charge is 0.475 e. The van der Waals surface area contributed by atoms with E-state index in [0.717, 1.165) is 5.56 Å². The van der Waals surface area contributed by atoms with Crippen molar-refractivity contribution in [2.24, 2.45) is 0 Å². The van der Waals surface area contributed by atoms with Crippen LogP contribution in [0, 0.1) is 0 Å². The Morgan fingerprint density at radius 1 is 1.28 bits per heavy atom. The number of nitrogens with zero attached hydrogens (tertiary/aromatic N) is 5. The molecule has 0 aliphatic rings. The molecule has 0 bridgehead atoms. The van der Waals surface area contributed by atoms with Crippen molar-refractivity contribution < 1.29 is 9.53 Å². The predicted octanol–water partition coefficient (Wildman–Crippen LogP) is 1.77. The number of pyridine rings is 2. The number of amides is 1. The van der Waals surface area contributed by atoms with Crippen molar-refractivity contribution >= 4 is 5.91 Å². The van der Waals surface area contributed by atoms with E-state index in [2.05, 4.69) is 25.4 Å². The Labute approximate surface area is 144 Å². The van der Waals surface area contributed by atoms with E-state index >= 15 is 0 Å². The number of carbonyl (C=O) groups is 1. The molecule has 0 spiro atoms. The van der Waals surface area contributed by atoms with E-state index in [1.54, 1.807) is 30.6 Å². The fraction of sp³-hybridized carbons (Fsp3) is 0.235. The molecule has 0 fully saturated rings. The molecule has 8 heteroatoms. The van der Waals surface area contributed by atoms with Crippen molar-refractivity contribution in [1.29, 1.82) is 0 Å². The van der Waals surface area contributed by atoms with Crippen molar-refractivity contribution in [3.05, 3.63) is 60.4 Å². The quantitative estimate of drug-likeness (QED) is 0.736. The summed E-state index contributed by atoms with van der Waals surface area (Å²) in [7, 11) is 0. The summed E-state index contributed by atoms with van der Waals surface area (Å²) in [6, 6.07) is 6.96. The Morgan fingerprint density at radius 2 is 2.16 bits per heavy atom. The molecule has 0 saturated heterocycles. The van der Waals surface area contributed by atoms with E-state index in [0.29, 0.717) is 23.8 Å². The average Bonchev–Trinajstić information content (AvgIpc) is 3.15. The fourth-order valence-electron chi connectivity index (χ4n) is 2.12. The maximum atomic E-state index is 12.3. The molecule has 0 radical (unpaired) electrons. The Morgan fingerprint density at radius 3 is 2.84 bits per heavy atom. The van der Waals surface area contributed by atoms with Crippen LogP contribution in [0.3, 0.4) is 0 Å². The highest BCUT2D eigenvalue weighted by molar-refractivity contribution is 5.94. The highest BCUT2D eigenvalue weighted by Crippen LogP contribution is 2.10. The molecule has 0 aromatic carbocycles. The number of aromatic nitrogens is 5. The molecule has 8 nitrogen and oxygen atoms in total. The van der Waals surface area contributed by atoms with Gasteiger partial charge in [0.1, 0.15) is 12.7 Å². The van der Waals surface area contributed by atoms with Crippen LogP contribution in [0.15, 0.2) is 49.3 Å². The number of nitrogens with one attached hydrogen (secondary N) is 1. The lowest BCUT2D eigenvalue weighted by atomic mass is 10.2. The van der Waals surface area contributed by atoms with Gasteiger partial charge in [-0.3, -0.25) is 4.79 Å². The average molecular weight is 338 g/mol. The van der Waals surface area contributed by atoms with Crippen molar-refractivity contribution in [1.82, 2.24) is 30.0 Å². The zero-order valence-corrected chi connectivity index (χ0v) is 14.0. The summed E-state index contributed by atoms with van der Waals surface area (Å²) in [5.41, 5.74) is 1.38. The van der Waals surface area contributed by atoms with Gasteiger partial charge in [-0.2, -0.15) is 5.10 Å². The molecule has 3 heterocycles. The Kier molecular flexibility index (Phi) is 4.98. The van der Waals surface area contributed by atoms with Crippen molar-refractivity contribution in [2.75, 3.05) is 0 Å². The summed E-state index contributed by atoms with van der Waals surface area (Å²) in [5.74, 6) is 0.893. The van der Waals surface area contributed by atoms with Gasteiger partial charge < -0.3 is 10.1 Å². The van der Waals surface area contributed by atoms with Gasteiger partial charge in [-0.1, -0.05) is 6.07 Å². The molecule has 3 aromatic heterocycles. The second-order valence-electron chi connectivity index (χ2n) is 5.60. The maximum absolute atomic E-state index is 12.3. The highest BCUT2D eigenvalue weighted by Gasteiger charge is 2.08. The third kappa shape index (κ3) is 4.37. The van der Waals surface area contributed by atoms with Gasteiger partial charge in [-0.05, 0) is 31.5 Å². The van der Waals surface area contributed by atoms with Gasteiger partial charge in [-0.25, -0.2) is 19.6 Å². The highest BCUT2D eigenvalue weighted by atomic mass is 16.5. The first-order valence-electron chi connectivity index (χ1n) is 7.82.